The van der Waals surface area contributed by atoms with E-state index in [2.05, 4.69) is 0 Å². The second-order valence-electron chi connectivity index (χ2n) is 5.06. The van der Waals surface area contributed by atoms with Crippen molar-refractivity contribution in [2.45, 2.75) is 31.9 Å². The predicted octanol–water partition coefficient (Wildman–Crippen LogP) is 2.18. The fraction of sp³-hybridized carbons (Fsp3) is 0.538. The number of hydrogen-bond acceptors (Lipinski definition) is 2. The third kappa shape index (κ3) is 1.96. The summed E-state index contributed by atoms with van der Waals surface area (Å²) in [6.45, 7) is 3.80. The second-order valence-corrected chi connectivity index (χ2v) is 5.06. The number of rotatable bonds is 1. The standard InChI is InChI=1S/C13H17F2NO/c1-8-4-5-10(12(15)11(8)14)13(17)6-9(2)16(3)7-13/h4-5,9,17H,6-7H2,1-3H3. The van der Waals surface area contributed by atoms with E-state index in [0.29, 0.717) is 13.0 Å². The molecular weight excluding hydrogens is 224 g/mol. The van der Waals surface area contributed by atoms with E-state index in [1.54, 1.807) is 0 Å². The molecule has 0 spiro atoms. The maximum absolute atomic E-state index is 13.9. The van der Waals surface area contributed by atoms with Gasteiger partial charge in [0.15, 0.2) is 11.6 Å². The Kier molecular flexibility index (Phi) is 2.96. The molecule has 2 rings (SSSR count). The lowest BCUT2D eigenvalue weighted by molar-refractivity contribution is 0.0441. The molecule has 4 heteroatoms. The number of likely N-dealkylation sites (N-methyl/N-ethyl adjacent to an activating group) is 1. The number of hydrogen-bond donors (Lipinski definition) is 1. The number of aryl methyl sites for hydroxylation is 1. The van der Waals surface area contributed by atoms with Crippen molar-refractivity contribution in [3.63, 3.8) is 0 Å². The van der Waals surface area contributed by atoms with E-state index in [4.69, 9.17) is 0 Å². The number of halogens is 2. The van der Waals surface area contributed by atoms with E-state index >= 15 is 0 Å². The van der Waals surface area contributed by atoms with Gasteiger partial charge in [0.25, 0.3) is 0 Å². The molecule has 1 N–H and O–H groups in total. The molecule has 94 valence electrons. The zero-order chi connectivity index (χ0) is 12.8. The average Bonchev–Trinajstić information content (AvgIpc) is 2.50. The summed E-state index contributed by atoms with van der Waals surface area (Å²) < 4.78 is 27.4. The van der Waals surface area contributed by atoms with Gasteiger partial charge in [0.2, 0.25) is 0 Å². The van der Waals surface area contributed by atoms with Gasteiger partial charge in [0.1, 0.15) is 5.60 Å². The first-order chi connectivity index (χ1) is 7.85. The monoisotopic (exact) mass is 241 g/mol. The van der Waals surface area contributed by atoms with Gasteiger partial charge in [-0.15, -0.1) is 0 Å². The molecular formula is C13H17F2NO. The first-order valence-corrected chi connectivity index (χ1v) is 5.73. The molecule has 1 aromatic carbocycles. The number of aliphatic hydroxyl groups is 1. The molecule has 0 bridgehead atoms. The van der Waals surface area contributed by atoms with Crippen molar-refractivity contribution in [1.29, 1.82) is 0 Å². The first kappa shape index (κ1) is 12.5. The van der Waals surface area contributed by atoms with Gasteiger partial charge < -0.3 is 10.0 Å². The molecule has 1 aliphatic heterocycles. The van der Waals surface area contributed by atoms with E-state index in [9.17, 15) is 13.9 Å². The third-order valence-corrected chi connectivity index (χ3v) is 3.67. The van der Waals surface area contributed by atoms with Crippen LogP contribution in [0.2, 0.25) is 0 Å². The Balaban J connectivity index is 2.45. The van der Waals surface area contributed by atoms with Crippen molar-refractivity contribution in [2.24, 2.45) is 0 Å². The lowest BCUT2D eigenvalue weighted by Gasteiger charge is -2.23. The van der Waals surface area contributed by atoms with Crippen LogP contribution >= 0.6 is 0 Å². The smallest absolute Gasteiger partial charge is 0.165 e. The summed E-state index contributed by atoms with van der Waals surface area (Å²) in [6, 6.07) is 3.15. The van der Waals surface area contributed by atoms with Crippen LogP contribution in [0.1, 0.15) is 24.5 Å². The van der Waals surface area contributed by atoms with Crippen LogP contribution in [0.4, 0.5) is 8.78 Å². The van der Waals surface area contributed by atoms with Gasteiger partial charge in [-0.25, -0.2) is 8.78 Å². The largest absolute Gasteiger partial charge is 0.384 e. The van der Waals surface area contributed by atoms with E-state index < -0.39 is 17.2 Å². The fourth-order valence-corrected chi connectivity index (χ4v) is 2.48. The third-order valence-electron chi connectivity index (χ3n) is 3.67. The summed E-state index contributed by atoms with van der Waals surface area (Å²) in [4.78, 5) is 1.94. The van der Waals surface area contributed by atoms with Crippen molar-refractivity contribution in [3.8, 4) is 0 Å². The Morgan fingerprint density at radius 3 is 2.53 bits per heavy atom. The molecule has 0 amide bonds. The van der Waals surface area contributed by atoms with Crippen LogP contribution in [0.3, 0.4) is 0 Å². The molecule has 2 unspecified atom stereocenters. The summed E-state index contributed by atoms with van der Waals surface area (Å²) in [5.74, 6) is -1.78. The quantitative estimate of drug-likeness (QED) is 0.814. The Morgan fingerprint density at radius 2 is 2.00 bits per heavy atom. The normalized spacial score (nSPS) is 29.9. The van der Waals surface area contributed by atoms with E-state index in [-0.39, 0.29) is 17.2 Å². The highest BCUT2D eigenvalue weighted by Gasteiger charge is 2.42. The van der Waals surface area contributed by atoms with Gasteiger partial charge in [-0.2, -0.15) is 0 Å². The minimum absolute atomic E-state index is 0.0665. The number of β-amino-alcohol motifs (C(OH)–C–C–N with tert-alkyl or cyclic N) is 1. The van der Waals surface area contributed by atoms with Crippen LogP contribution in [0.5, 0.6) is 0 Å². The SMILES string of the molecule is Cc1ccc(C2(O)CC(C)N(C)C2)c(F)c1F. The van der Waals surface area contributed by atoms with Crippen LogP contribution in [0.25, 0.3) is 0 Å². The number of benzene rings is 1. The van der Waals surface area contributed by atoms with Crippen molar-refractivity contribution in [3.05, 3.63) is 34.9 Å². The van der Waals surface area contributed by atoms with Crippen molar-refractivity contribution < 1.29 is 13.9 Å². The van der Waals surface area contributed by atoms with Gasteiger partial charge in [0, 0.05) is 18.2 Å². The summed E-state index contributed by atoms with van der Waals surface area (Å²) in [5, 5.41) is 10.5. The number of likely N-dealkylation sites (tertiary alicyclic amines) is 1. The minimum Gasteiger partial charge on any atom is -0.384 e. The molecule has 17 heavy (non-hydrogen) atoms. The van der Waals surface area contributed by atoms with Crippen LogP contribution in [0.15, 0.2) is 12.1 Å². The van der Waals surface area contributed by atoms with Gasteiger partial charge in [-0.1, -0.05) is 12.1 Å². The zero-order valence-corrected chi connectivity index (χ0v) is 10.3. The molecule has 1 aliphatic rings. The molecule has 0 radical (unpaired) electrons. The van der Waals surface area contributed by atoms with Crippen LogP contribution in [-0.2, 0) is 5.60 Å². The molecule has 0 aromatic heterocycles. The highest BCUT2D eigenvalue weighted by molar-refractivity contribution is 5.31. The maximum Gasteiger partial charge on any atom is 0.165 e. The first-order valence-electron chi connectivity index (χ1n) is 5.73. The molecule has 2 nitrogen and oxygen atoms in total. The van der Waals surface area contributed by atoms with Gasteiger partial charge in [-0.05, 0) is 32.9 Å². The molecule has 1 aromatic rings. The van der Waals surface area contributed by atoms with Crippen LogP contribution in [-0.4, -0.2) is 29.6 Å². The number of nitrogens with zero attached hydrogens (tertiary/aromatic N) is 1. The van der Waals surface area contributed by atoms with Crippen molar-refractivity contribution in [2.75, 3.05) is 13.6 Å². The Hall–Kier alpha value is -1.00. The molecule has 0 saturated carbocycles. The summed E-state index contributed by atoms with van der Waals surface area (Å²) in [7, 11) is 1.87. The maximum atomic E-state index is 13.9. The summed E-state index contributed by atoms with van der Waals surface area (Å²) in [5.41, 5.74) is -0.960. The lowest BCUT2D eigenvalue weighted by atomic mass is 9.90. The van der Waals surface area contributed by atoms with Crippen LogP contribution < -0.4 is 0 Å². The summed E-state index contributed by atoms with van der Waals surface area (Å²) >= 11 is 0. The second kappa shape index (κ2) is 4.03. The van der Waals surface area contributed by atoms with Crippen molar-refractivity contribution in [1.82, 2.24) is 4.90 Å². The highest BCUT2D eigenvalue weighted by atomic mass is 19.2. The van der Waals surface area contributed by atoms with E-state index in [1.807, 2.05) is 18.9 Å². The van der Waals surface area contributed by atoms with Gasteiger partial charge in [0.05, 0.1) is 0 Å². The fourth-order valence-electron chi connectivity index (χ4n) is 2.48. The zero-order valence-electron chi connectivity index (χ0n) is 10.3. The molecule has 2 atom stereocenters. The summed E-state index contributed by atoms with van der Waals surface area (Å²) in [6.07, 6.45) is 0.420. The molecule has 1 heterocycles. The Bertz CT molecular complexity index is 437. The highest BCUT2D eigenvalue weighted by Crippen LogP contribution is 2.37. The van der Waals surface area contributed by atoms with E-state index in [0.717, 1.165) is 0 Å². The van der Waals surface area contributed by atoms with Crippen molar-refractivity contribution >= 4 is 0 Å². The average molecular weight is 241 g/mol. The Morgan fingerprint density at radius 1 is 1.35 bits per heavy atom. The minimum atomic E-state index is -1.28. The Labute approximate surface area is 99.9 Å². The molecule has 1 saturated heterocycles. The molecule has 0 aliphatic carbocycles. The van der Waals surface area contributed by atoms with Gasteiger partial charge in [-0.3, -0.25) is 0 Å². The predicted molar refractivity (Wildman–Crippen MR) is 61.7 cm³/mol. The van der Waals surface area contributed by atoms with Gasteiger partial charge >= 0.3 is 0 Å². The molecule has 1 fully saturated rings. The topological polar surface area (TPSA) is 23.5 Å². The lowest BCUT2D eigenvalue weighted by Crippen LogP contribution is -2.30. The van der Waals surface area contributed by atoms with Crippen LogP contribution in [0, 0.1) is 18.6 Å². The van der Waals surface area contributed by atoms with E-state index in [1.165, 1.54) is 19.1 Å².